The van der Waals surface area contributed by atoms with Gasteiger partial charge < -0.3 is 4.90 Å². The zero-order chi connectivity index (χ0) is 18.9. The summed E-state index contributed by atoms with van der Waals surface area (Å²) in [5.41, 5.74) is 1.92. The highest BCUT2D eigenvalue weighted by molar-refractivity contribution is 5.92. The van der Waals surface area contributed by atoms with E-state index < -0.39 is 0 Å². The van der Waals surface area contributed by atoms with Gasteiger partial charge in [0.15, 0.2) is 0 Å². The summed E-state index contributed by atoms with van der Waals surface area (Å²) in [4.78, 5) is 26.0. The van der Waals surface area contributed by atoms with Gasteiger partial charge in [0.25, 0.3) is 5.91 Å². The van der Waals surface area contributed by atoms with Crippen molar-refractivity contribution in [1.82, 2.24) is 19.8 Å². The van der Waals surface area contributed by atoms with Crippen molar-refractivity contribution in [3.05, 3.63) is 60.2 Å². The smallest absolute Gasteiger partial charge is 0.274 e. The number of hydrogen-bond donors (Lipinski definition) is 0. The van der Waals surface area contributed by atoms with Crippen LogP contribution < -0.4 is 0 Å². The first-order chi connectivity index (χ1) is 13.8. The van der Waals surface area contributed by atoms with Crippen molar-refractivity contribution in [2.45, 2.75) is 44.2 Å². The molecule has 3 fully saturated rings. The lowest BCUT2D eigenvalue weighted by atomic mass is 9.74. The van der Waals surface area contributed by atoms with Crippen LogP contribution in [0.5, 0.6) is 0 Å². The molecule has 0 aliphatic carbocycles. The maximum atomic E-state index is 12.9. The van der Waals surface area contributed by atoms with Crippen LogP contribution in [0.25, 0.3) is 0 Å². The molecule has 0 radical (unpaired) electrons. The summed E-state index contributed by atoms with van der Waals surface area (Å²) in [5, 5.41) is 0. The number of nitrogens with zero attached hydrogens (tertiary/aromatic N) is 4. The number of aromatic nitrogens is 2. The third-order valence-corrected chi connectivity index (χ3v) is 6.90. The van der Waals surface area contributed by atoms with Crippen LogP contribution in [0, 0.1) is 11.8 Å². The number of hydrogen-bond acceptors (Lipinski definition) is 4. The van der Waals surface area contributed by atoms with Gasteiger partial charge in [-0.1, -0.05) is 36.8 Å². The number of benzene rings is 1. The molecule has 1 aromatic heterocycles. The quantitative estimate of drug-likeness (QED) is 0.826. The lowest BCUT2D eigenvalue weighted by Gasteiger charge is -2.55. The average molecular weight is 377 g/mol. The summed E-state index contributed by atoms with van der Waals surface area (Å²) in [6, 6.07) is 12.2. The summed E-state index contributed by atoms with van der Waals surface area (Å²) < 4.78 is 0. The number of rotatable bonds is 3. The summed E-state index contributed by atoms with van der Waals surface area (Å²) in [6.07, 6.45) is 11.1. The van der Waals surface area contributed by atoms with Crippen LogP contribution >= 0.6 is 0 Å². The molecule has 4 heterocycles. The minimum absolute atomic E-state index is 0.0490. The molecule has 5 rings (SSSR count). The standard InChI is InChI=1S/C23H28N4O/c28-23(21-13-24-9-10-25-21)26-14-18-11-19(16-26)22-8-4-7-20(27(22)15-18)12-17-5-2-1-3-6-17/h1-3,5-6,9-10,13,18-20,22H,4,7-8,11-12,14-16H2/t18-,19+,20+,22-/m0/s1. The molecule has 0 spiro atoms. The van der Waals surface area contributed by atoms with Gasteiger partial charge in [-0.05, 0) is 43.1 Å². The fraction of sp³-hybridized carbons (Fsp3) is 0.522. The maximum absolute atomic E-state index is 12.9. The van der Waals surface area contributed by atoms with Gasteiger partial charge in [0, 0.05) is 44.1 Å². The Labute approximate surface area is 166 Å². The normalized spacial score (nSPS) is 29.9. The Hall–Kier alpha value is -2.27. The van der Waals surface area contributed by atoms with E-state index >= 15 is 0 Å². The zero-order valence-corrected chi connectivity index (χ0v) is 16.3. The molecule has 3 aliphatic rings. The molecule has 28 heavy (non-hydrogen) atoms. The van der Waals surface area contributed by atoms with Crippen molar-refractivity contribution in [3.63, 3.8) is 0 Å². The number of likely N-dealkylation sites (tertiary alicyclic amines) is 1. The average Bonchev–Trinajstić information content (AvgIpc) is 2.75. The molecule has 1 aromatic carbocycles. The fourth-order valence-electron chi connectivity index (χ4n) is 5.75. The summed E-state index contributed by atoms with van der Waals surface area (Å²) in [6.45, 7) is 2.85. The Morgan fingerprint density at radius 3 is 2.79 bits per heavy atom. The molecule has 146 valence electrons. The van der Waals surface area contributed by atoms with E-state index in [4.69, 9.17) is 0 Å². The van der Waals surface area contributed by atoms with Crippen LogP contribution in [0.4, 0.5) is 0 Å². The first kappa shape index (κ1) is 17.8. The fourth-order valence-corrected chi connectivity index (χ4v) is 5.75. The molecule has 3 saturated heterocycles. The summed E-state index contributed by atoms with van der Waals surface area (Å²) in [7, 11) is 0. The molecule has 0 saturated carbocycles. The van der Waals surface area contributed by atoms with Gasteiger partial charge in [0.2, 0.25) is 0 Å². The van der Waals surface area contributed by atoms with E-state index in [2.05, 4.69) is 45.2 Å². The third kappa shape index (κ3) is 3.44. The zero-order valence-electron chi connectivity index (χ0n) is 16.3. The highest BCUT2D eigenvalue weighted by Crippen LogP contribution is 2.40. The SMILES string of the molecule is O=C(c1cnccn1)N1C[C@@H]2C[C@H](C1)[C@@H]1CCC[C@H](Cc3ccccc3)N1C2. The number of carbonyl (C=O) groups is 1. The lowest BCUT2D eigenvalue weighted by molar-refractivity contribution is -0.0499. The predicted octanol–water partition coefficient (Wildman–Crippen LogP) is 3.03. The second-order valence-corrected chi connectivity index (χ2v) is 8.70. The Kier molecular flexibility index (Phi) is 4.85. The molecule has 1 amide bonds. The highest BCUT2D eigenvalue weighted by atomic mass is 16.2. The predicted molar refractivity (Wildman–Crippen MR) is 108 cm³/mol. The number of piperidine rings is 3. The summed E-state index contributed by atoms with van der Waals surface area (Å²) in [5.74, 6) is 1.21. The van der Waals surface area contributed by atoms with Crippen molar-refractivity contribution in [2.75, 3.05) is 19.6 Å². The van der Waals surface area contributed by atoms with E-state index in [1.807, 2.05) is 4.90 Å². The van der Waals surface area contributed by atoms with Gasteiger partial charge in [-0.25, -0.2) is 4.98 Å². The van der Waals surface area contributed by atoms with E-state index in [1.54, 1.807) is 18.6 Å². The third-order valence-electron chi connectivity index (χ3n) is 6.90. The van der Waals surface area contributed by atoms with Crippen molar-refractivity contribution in [2.24, 2.45) is 11.8 Å². The van der Waals surface area contributed by atoms with Gasteiger partial charge in [0.1, 0.15) is 5.69 Å². The van der Waals surface area contributed by atoms with Gasteiger partial charge >= 0.3 is 0 Å². The van der Waals surface area contributed by atoms with Crippen LogP contribution in [0.15, 0.2) is 48.9 Å². The van der Waals surface area contributed by atoms with Crippen LogP contribution in [-0.4, -0.2) is 57.4 Å². The topological polar surface area (TPSA) is 49.3 Å². The Bertz CT molecular complexity index is 812. The molecule has 0 unspecified atom stereocenters. The molecule has 5 heteroatoms. The van der Waals surface area contributed by atoms with Gasteiger partial charge in [-0.3, -0.25) is 14.7 Å². The maximum Gasteiger partial charge on any atom is 0.274 e. The van der Waals surface area contributed by atoms with Crippen molar-refractivity contribution in [3.8, 4) is 0 Å². The first-order valence-electron chi connectivity index (χ1n) is 10.6. The van der Waals surface area contributed by atoms with Crippen molar-refractivity contribution >= 4 is 5.91 Å². The minimum Gasteiger partial charge on any atom is -0.337 e. The molecule has 2 bridgehead atoms. The van der Waals surface area contributed by atoms with Crippen LogP contribution in [0.1, 0.15) is 41.7 Å². The molecule has 3 aliphatic heterocycles. The van der Waals surface area contributed by atoms with Gasteiger partial charge in [-0.2, -0.15) is 0 Å². The number of fused-ring (bicyclic) bond motifs is 4. The Balaban J connectivity index is 1.31. The van der Waals surface area contributed by atoms with Crippen molar-refractivity contribution < 1.29 is 4.79 Å². The van der Waals surface area contributed by atoms with Crippen LogP contribution in [0.3, 0.4) is 0 Å². The second kappa shape index (κ2) is 7.63. The van der Waals surface area contributed by atoms with E-state index in [-0.39, 0.29) is 5.91 Å². The molecular weight excluding hydrogens is 348 g/mol. The van der Waals surface area contributed by atoms with Crippen LogP contribution in [-0.2, 0) is 6.42 Å². The molecule has 4 atom stereocenters. The van der Waals surface area contributed by atoms with Gasteiger partial charge in [-0.15, -0.1) is 0 Å². The Morgan fingerprint density at radius 2 is 1.96 bits per heavy atom. The lowest BCUT2D eigenvalue weighted by Crippen LogP contribution is -2.62. The molecular formula is C23H28N4O. The first-order valence-corrected chi connectivity index (χ1v) is 10.6. The summed E-state index contributed by atoms with van der Waals surface area (Å²) >= 11 is 0. The van der Waals surface area contributed by atoms with E-state index in [0.717, 1.165) is 26.1 Å². The second-order valence-electron chi connectivity index (χ2n) is 8.70. The monoisotopic (exact) mass is 376 g/mol. The minimum atomic E-state index is 0.0490. The molecule has 2 aromatic rings. The Morgan fingerprint density at radius 1 is 1.07 bits per heavy atom. The number of amides is 1. The van der Waals surface area contributed by atoms with Gasteiger partial charge in [0.05, 0.1) is 6.20 Å². The largest absolute Gasteiger partial charge is 0.337 e. The highest BCUT2D eigenvalue weighted by Gasteiger charge is 2.45. The van der Waals surface area contributed by atoms with Crippen molar-refractivity contribution in [1.29, 1.82) is 0 Å². The molecule has 0 N–H and O–H groups in total. The van der Waals surface area contributed by atoms with E-state index in [9.17, 15) is 4.79 Å². The molecule has 5 nitrogen and oxygen atoms in total. The number of carbonyl (C=O) groups excluding carboxylic acids is 1. The van der Waals surface area contributed by atoms with E-state index in [0.29, 0.717) is 29.6 Å². The van der Waals surface area contributed by atoms with E-state index in [1.165, 1.54) is 31.2 Å². The van der Waals surface area contributed by atoms with Crippen LogP contribution in [0.2, 0.25) is 0 Å².